The van der Waals surface area contributed by atoms with E-state index >= 15 is 0 Å². The summed E-state index contributed by atoms with van der Waals surface area (Å²) in [7, 11) is 0. The van der Waals surface area contributed by atoms with Gasteiger partial charge in [0.2, 0.25) is 0 Å². The molecule has 2 aliphatic rings. The highest BCUT2D eigenvalue weighted by Gasteiger charge is 2.30. The molecule has 0 spiro atoms. The summed E-state index contributed by atoms with van der Waals surface area (Å²) in [4.78, 5) is 58.4. The number of hydrogen-bond donors (Lipinski definition) is 0. The molecule has 4 rings (SSSR count). The Morgan fingerprint density at radius 2 is 0.854 bits per heavy atom. The second kappa shape index (κ2) is 20.8. The minimum Gasteiger partial charge on any atom is -0.431 e. The van der Waals surface area contributed by atoms with Crippen LogP contribution in [-0.4, -0.2) is 42.5 Å². The van der Waals surface area contributed by atoms with Gasteiger partial charge >= 0.3 is 18.1 Å². The van der Waals surface area contributed by atoms with E-state index in [1.54, 1.807) is 24.3 Å². The Bertz CT molecular complexity index is 1130. The van der Waals surface area contributed by atoms with Gasteiger partial charge in [0, 0.05) is 0 Å². The van der Waals surface area contributed by atoms with Crippen LogP contribution in [0.25, 0.3) is 0 Å². The average molecular weight is 667 g/mol. The third kappa shape index (κ3) is 13.2. The van der Waals surface area contributed by atoms with Crippen LogP contribution >= 0.6 is 0 Å². The van der Waals surface area contributed by atoms with E-state index in [0.29, 0.717) is 62.5 Å². The van der Waals surface area contributed by atoms with Crippen LogP contribution in [0.15, 0.2) is 48.5 Å². The summed E-state index contributed by atoms with van der Waals surface area (Å²) >= 11 is 0. The lowest BCUT2D eigenvalue weighted by atomic mass is 9.95. The fraction of sp³-hybridized carbons (Fsp3) is 0.615. The summed E-state index contributed by atoms with van der Waals surface area (Å²) in [5, 5.41) is 0. The number of ether oxygens (including phenoxy) is 2. The van der Waals surface area contributed by atoms with Gasteiger partial charge in [0.25, 0.3) is 0 Å². The van der Waals surface area contributed by atoms with Crippen molar-refractivity contribution < 1.29 is 43.4 Å². The number of carbonyl (C=O) groups is 3. The molecule has 48 heavy (non-hydrogen) atoms. The quantitative estimate of drug-likeness (QED) is 0.0665. The first-order chi connectivity index (χ1) is 23.4. The molecule has 0 amide bonds. The van der Waals surface area contributed by atoms with Gasteiger partial charge < -0.3 is 9.47 Å². The van der Waals surface area contributed by atoms with Crippen molar-refractivity contribution in [1.82, 2.24) is 0 Å². The number of aryl methyl sites for hydroxylation is 2. The van der Waals surface area contributed by atoms with Gasteiger partial charge in [0.05, 0.1) is 11.1 Å². The lowest BCUT2D eigenvalue weighted by Gasteiger charge is -2.29. The predicted molar refractivity (Wildman–Crippen MR) is 181 cm³/mol. The molecule has 0 unspecified atom stereocenters. The van der Waals surface area contributed by atoms with Crippen molar-refractivity contribution in [3.05, 3.63) is 70.8 Å². The van der Waals surface area contributed by atoms with Crippen molar-refractivity contribution in [2.75, 3.05) is 0 Å². The van der Waals surface area contributed by atoms with E-state index in [1.165, 1.54) is 49.7 Å². The van der Waals surface area contributed by atoms with Crippen LogP contribution in [0.4, 0.5) is 4.79 Å². The van der Waals surface area contributed by atoms with Gasteiger partial charge in [-0.2, -0.15) is 9.78 Å². The predicted octanol–water partition coefficient (Wildman–Crippen LogP) is 9.58. The SMILES string of the molecule is CCCCCCc1ccc(C(=O)OOC2CCC(OC(=O)OC3CCC(OOC(=O)c4ccc(CCCCCC)cc4)CC3)CC2)cc1. The number of rotatable bonds is 18. The molecule has 0 atom stereocenters. The average Bonchev–Trinajstić information content (AvgIpc) is 3.11. The van der Waals surface area contributed by atoms with Gasteiger partial charge in [0.15, 0.2) is 0 Å². The van der Waals surface area contributed by atoms with Crippen molar-refractivity contribution in [3.8, 4) is 0 Å². The Hall–Kier alpha value is -3.43. The van der Waals surface area contributed by atoms with Gasteiger partial charge in [-0.3, -0.25) is 9.78 Å². The smallest absolute Gasteiger partial charge is 0.431 e. The number of unbranched alkanes of at least 4 members (excludes halogenated alkanes) is 6. The van der Waals surface area contributed by atoms with E-state index < -0.39 is 18.1 Å². The molecular formula is C39H54O9. The normalized spacial score (nSPS) is 20.9. The van der Waals surface area contributed by atoms with E-state index in [1.807, 2.05) is 24.3 Å². The van der Waals surface area contributed by atoms with E-state index in [9.17, 15) is 14.4 Å². The van der Waals surface area contributed by atoms with Crippen LogP contribution < -0.4 is 0 Å². The van der Waals surface area contributed by atoms with Gasteiger partial charge in [-0.25, -0.2) is 14.4 Å². The second-order valence-corrected chi connectivity index (χ2v) is 13.2. The van der Waals surface area contributed by atoms with Crippen LogP contribution in [0.2, 0.25) is 0 Å². The number of hydrogen-bond acceptors (Lipinski definition) is 9. The zero-order chi connectivity index (χ0) is 34.0. The number of carbonyl (C=O) groups excluding carboxylic acids is 3. The molecular weight excluding hydrogens is 612 g/mol. The topological polar surface area (TPSA) is 107 Å². The first-order valence-corrected chi connectivity index (χ1v) is 18.2. The highest BCUT2D eigenvalue weighted by Crippen LogP contribution is 2.27. The summed E-state index contributed by atoms with van der Waals surface area (Å²) in [5.74, 6) is -1.02. The molecule has 2 saturated carbocycles. The van der Waals surface area contributed by atoms with Crippen molar-refractivity contribution in [1.29, 1.82) is 0 Å². The van der Waals surface area contributed by atoms with Gasteiger partial charge in [-0.1, -0.05) is 76.6 Å². The Labute approximate surface area is 285 Å². The highest BCUT2D eigenvalue weighted by molar-refractivity contribution is 5.89. The summed E-state index contributed by atoms with van der Waals surface area (Å²) < 4.78 is 11.1. The minimum atomic E-state index is -0.677. The van der Waals surface area contributed by atoms with Crippen LogP contribution in [0.3, 0.4) is 0 Å². The zero-order valence-corrected chi connectivity index (χ0v) is 28.8. The van der Waals surface area contributed by atoms with Crippen LogP contribution in [0.1, 0.15) is 148 Å². The maximum atomic E-state index is 12.5. The fourth-order valence-electron chi connectivity index (χ4n) is 6.24. The van der Waals surface area contributed by atoms with Gasteiger partial charge in [0.1, 0.15) is 24.4 Å². The van der Waals surface area contributed by atoms with Crippen molar-refractivity contribution >= 4 is 18.1 Å². The Kier molecular flexibility index (Phi) is 16.2. The second-order valence-electron chi connectivity index (χ2n) is 13.2. The van der Waals surface area contributed by atoms with E-state index in [0.717, 1.165) is 25.7 Å². The third-order valence-electron chi connectivity index (χ3n) is 9.31. The van der Waals surface area contributed by atoms with Crippen molar-refractivity contribution in [3.63, 3.8) is 0 Å². The van der Waals surface area contributed by atoms with Crippen molar-refractivity contribution in [2.24, 2.45) is 0 Å². The van der Waals surface area contributed by atoms with E-state index in [4.69, 9.17) is 29.0 Å². The van der Waals surface area contributed by atoms with Crippen molar-refractivity contribution in [2.45, 2.75) is 154 Å². The van der Waals surface area contributed by atoms with E-state index in [2.05, 4.69) is 13.8 Å². The van der Waals surface area contributed by atoms with Gasteiger partial charge in [-0.15, -0.1) is 0 Å². The molecule has 0 aromatic heterocycles. The molecule has 0 bridgehead atoms. The maximum Gasteiger partial charge on any atom is 0.508 e. The Balaban J connectivity index is 1.04. The minimum absolute atomic E-state index is 0.244. The molecule has 0 heterocycles. The Morgan fingerprint density at radius 1 is 0.500 bits per heavy atom. The number of benzene rings is 2. The molecule has 0 saturated heterocycles. The third-order valence-corrected chi connectivity index (χ3v) is 9.31. The summed E-state index contributed by atoms with van der Waals surface area (Å²) in [6.07, 6.45) is 14.8. The summed E-state index contributed by atoms with van der Waals surface area (Å²) in [5.41, 5.74) is 3.35. The monoisotopic (exact) mass is 666 g/mol. The zero-order valence-electron chi connectivity index (χ0n) is 28.8. The molecule has 9 heteroatoms. The standard InChI is InChI=1S/C39H54O9/c1-3-5-7-9-11-29-13-17-31(18-14-29)37(40)47-45-35-25-21-33(22-26-35)43-39(42)44-34-23-27-36(28-24-34)46-48-38(41)32-19-15-30(16-20-32)12-10-8-6-4-2/h13-20,33-36H,3-12,21-28H2,1-2H3. The largest absolute Gasteiger partial charge is 0.508 e. The molecule has 9 nitrogen and oxygen atoms in total. The summed E-state index contributed by atoms with van der Waals surface area (Å²) in [6, 6.07) is 15.0. The fourth-order valence-corrected chi connectivity index (χ4v) is 6.24. The first kappa shape index (κ1) is 37.4. The molecule has 2 aromatic carbocycles. The maximum absolute atomic E-state index is 12.5. The molecule has 264 valence electrons. The molecule has 2 aliphatic carbocycles. The lowest BCUT2D eigenvalue weighted by Crippen LogP contribution is -2.32. The lowest BCUT2D eigenvalue weighted by molar-refractivity contribution is -0.282. The first-order valence-electron chi connectivity index (χ1n) is 18.2. The van der Waals surface area contributed by atoms with Gasteiger partial charge in [-0.05, 0) is 112 Å². The Morgan fingerprint density at radius 3 is 1.21 bits per heavy atom. The summed E-state index contributed by atoms with van der Waals surface area (Å²) in [6.45, 7) is 4.40. The van der Waals surface area contributed by atoms with Crippen LogP contribution in [-0.2, 0) is 41.9 Å². The molecule has 0 aliphatic heterocycles. The van der Waals surface area contributed by atoms with E-state index in [-0.39, 0.29) is 24.4 Å². The molecule has 2 aromatic rings. The van der Waals surface area contributed by atoms with Crippen LogP contribution in [0.5, 0.6) is 0 Å². The highest BCUT2D eigenvalue weighted by atomic mass is 17.2. The molecule has 2 fully saturated rings. The molecule has 0 N–H and O–H groups in total. The van der Waals surface area contributed by atoms with Crippen LogP contribution in [0, 0.1) is 0 Å². The molecule has 0 radical (unpaired) electrons.